The lowest BCUT2D eigenvalue weighted by molar-refractivity contribution is -0.384. The number of nitro groups is 1. The second-order valence-corrected chi connectivity index (χ2v) is 5.87. The van der Waals surface area contributed by atoms with Crippen molar-refractivity contribution < 1.29 is 4.92 Å². The van der Waals surface area contributed by atoms with Gasteiger partial charge < -0.3 is 0 Å². The molecule has 0 aliphatic carbocycles. The number of rotatable bonds is 3. The Morgan fingerprint density at radius 1 is 0.960 bits per heavy atom. The third-order valence-electron chi connectivity index (χ3n) is 3.93. The van der Waals surface area contributed by atoms with E-state index < -0.39 is 4.92 Å². The first kappa shape index (κ1) is 15.3. The predicted octanol–water partition coefficient (Wildman–Crippen LogP) is 4.62. The van der Waals surface area contributed by atoms with E-state index in [1.165, 1.54) is 12.1 Å². The molecule has 7 heteroatoms. The monoisotopic (exact) mass is 350 g/mol. The van der Waals surface area contributed by atoms with Gasteiger partial charge in [-0.3, -0.25) is 10.1 Å². The number of non-ortho nitro benzene ring substituents is 1. The van der Waals surface area contributed by atoms with E-state index in [4.69, 9.17) is 11.6 Å². The Bertz CT molecular complexity index is 1070. The van der Waals surface area contributed by atoms with Gasteiger partial charge in [0.15, 0.2) is 5.65 Å². The molecule has 0 unspecified atom stereocenters. The minimum atomic E-state index is -0.418. The van der Waals surface area contributed by atoms with Gasteiger partial charge in [-0.15, -0.1) is 0 Å². The lowest BCUT2D eigenvalue weighted by atomic mass is 10.1. The number of nitrogens with zero attached hydrogens (tertiary/aromatic N) is 4. The maximum Gasteiger partial charge on any atom is 0.269 e. The highest BCUT2D eigenvalue weighted by atomic mass is 35.5. The summed E-state index contributed by atoms with van der Waals surface area (Å²) >= 11 is 5.95. The molecular formula is C18H11ClN4O2. The first-order valence-electron chi connectivity index (χ1n) is 7.47. The van der Waals surface area contributed by atoms with Crippen molar-refractivity contribution in [2.24, 2.45) is 0 Å². The number of benzene rings is 2. The summed E-state index contributed by atoms with van der Waals surface area (Å²) in [6.07, 6.45) is 3.45. The highest BCUT2D eigenvalue weighted by molar-refractivity contribution is 6.30. The second kappa shape index (κ2) is 5.99. The lowest BCUT2D eigenvalue weighted by Gasteiger charge is -2.05. The molecular weight excluding hydrogens is 340 g/mol. The van der Waals surface area contributed by atoms with Crippen LogP contribution in [0, 0.1) is 10.1 Å². The Hall–Kier alpha value is -3.25. The highest BCUT2D eigenvalue weighted by Gasteiger charge is 2.13. The van der Waals surface area contributed by atoms with Gasteiger partial charge in [0.25, 0.3) is 5.69 Å². The molecule has 0 N–H and O–H groups in total. The largest absolute Gasteiger partial charge is 0.269 e. The fourth-order valence-corrected chi connectivity index (χ4v) is 2.82. The number of nitro benzene ring substituents is 1. The van der Waals surface area contributed by atoms with E-state index in [9.17, 15) is 10.1 Å². The van der Waals surface area contributed by atoms with E-state index in [1.807, 2.05) is 30.3 Å². The maximum absolute atomic E-state index is 10.8. The standard InChI is InChI=1S/C18H11ClN4O2/c19-14-5-1-12(2-6-14)16-11-21-22-17(9-10-20-18(16)22)13-3-7-15(8-4-13)23(24)25/h1-11H. The number of fused-ring (bicyclic) bond motifs is 1. The Morgan fingerprint density at radius 2 is 1.64 bits per heavy atom. The van der Waals surface area contributed by atoms with Crippen LogP contribution in [0.4, 0.5) is 5.69 Å². The molecule has 6 nitrogen and oxygen atoms in total. The van der Waals surface area contributed by atoms with Crippen LogP contribution in [-0.4, -0.2) is 19.5 Å². The molecule has 2 aromatic heterocycles. The molecule has 4 aromatic rings. The molecule has 0 amide bonds. The smallest absolute Gasteiger partial charge is 0.258 e. The van der Waals surface area contributed by atoms with Gasteiger partial charge >= 0.3 is 0 Å². The molecule has 0 saturated carbocycles. The topological polar surface area (TPSA) is 73.3 Å². The maximum atomic E-state index is 10.8. The Labute approximate surface area is 147 Å². The van der Waals surface area contributed by atoms with Crippen LogP contribution in [0.2, 0.25) is 5.02 Å². The summed E-state index contributed by atoms with van der Waals surface area (Å²) in [5, 5.41) is 15.9. The Morgan fingerprint density at radius 3 is 2.32 bits per heavy atom. The summed E-state index contributed by atoms with van der Waals surface area (Å²) in [5.41, 5.74) is 4.24. The fraction of sp³-hybridized carbons (Fsp3) is 0. The predicted molar refractivity (Wildman–Crippen MR) is 95.5 cm³/mol. The zero-order valence-electron chi connectivity index (χ0n) is 12.8. The van der Waals surface area contributed by atoms with Crippen molar-refractivity contribution in [1.82, 2.24) is 14.6 Å². The molecule has 0 fully saturated rings. The van der Waals surface area contributed by atoms with Gasteiger partial charge in [0.1, 0.15) is 0 Å². The van der Waals surface area contributed by atoms with E-state index >= 15 is 0 Å². The van der Waals surface area contributed by atoms with E-state index in [1.54, 1.807) is 29.0 Å². The summed E-state index contributed by atoms with van der Waals surface area (Å²) in [6, 6.07) is 15.7. The van der Waals surface area contributed by atoms with Crippen LogP contribution in [0.3, 0.4) is 0 Å². The van der Waals surface area contributed by atoms with Gasteiger partial charge in [-0.1, -0.05) is 23.7 Å². The van der Waals surface area contributed by atoms with E-state index in [-0.39, 0.29) is 5.69 Å². The average Bonchev–Trinajstić information content (AvgIpc) is 3.06. The third kappa shape index (κ3) is 2.72. The highest BCUT2D eigenvalue weighted by Crippen LogP contribution is 2.28. The van der Waals surface area contributed by atoms with Crippen LogP contribution in [0.25, 0.3) is 28.0 Å². The summed E-state index contributed by atoms with van der Waals surface area (Å²) in [5.74, 6) is 0. The molecule has 2 aromatic carbocycles. The molecule has 2 heterocycles. The van der Waals surface area contributed by atoms with E-state index in [0.29, 0.717) is 10.7 Å². The minimum absolute atomic E-state index is 0.0522. The Balaban J connectivity index is 1.84. The summed E-state index contributed by atoms with van der Waals surface area (Å²) in [4.78, 5) is 14.8. The summed E-state index contributed by atoms with van der Waals surface area (Å²) in [6.45, 7) is 0. The van der Waals surface area contributed by atoms with Crippen LogP contribution in [0.5, 0.6) is 0 Å². The zero-order valence-corrected chi connectivity index (χ0v) is 13.6. The molecule has 0 aliphatic rings. The molecule has 0 saturated heterocycles. The molecule has 25 heavy (non-hydrogen) atoms. The van der Waals surface area contributed by atoms with Crippen molar-refractivity contribution in [2.45, 2.75) is 0 Å². The third-order valence-corrected chi connectivity index (χ3v) is 4.18. The summed E-state index contributed by atoms with van der Waals surface area (Å²) in [7, 11) is 0. The van der Waals surface area contributed by atoms with Gasteiger partial charge in [-0.05, 0) is 35.9 Å². The van der Waals surface area contributed by atoms with Crippen molar-refractivity contribution in [3.63, 3.8) is 0 Å². The van der Waals surface area contributed by atoms with Gasteiger partial charge in [0.2, 0.25) is 0 Å². The molecule has 0 aliphatic heterocycles. The quantitative estimate of drug-likeness (QED) is 0.399. The van der Waals surface area contributed by atoms with Crippen molar-refractivity contribution in [3.8, 4) is 22.4 Å². The van der Waals surface area contributed by atoms with Crippen molar-refractivity contribution in [2.75, 3.05) is 0 Å². The van der Waals surface area contributed by atoms with Crippen LogP contribution in [0.1, 0.15) is 0 Å². The SMILES string of the molecule is O=[N+]([O-])c1ccc(-c2ccnc3c(-c4ccc(Cl)cc4)cnn23)cc1. The van der Waals surface area contributed by atoms with Gasteiger partial charge in [0, 0.05) is 34.5 Å². The number of halogens is 1. The first-order valence-corrected chi connectivity index (χ1v) is 7.85. The lowest BCUT2D eigenvalue weighted by Crippen LogP contribution is -1.96. The van der Waals surface area contributed by atoms with Gasteiger partial charge in [-0.25, -0.2) is 9.50 Å². The molecule has 122 valence electrons. The number of hydrogen-bond donors (Lipinski definition) is 0. The molecule has 0 bridgehead atoms. The van der Waals surface area contributed by atoms with Crippen molar-refractivity contribution in [1.29, 1.82) is 0 Å². The zero-order chi connectivity index (χ0) is 17.4. The number of aromatic nitrogens is 3. The van der Waals surface area contributed by atoms with Crippen LogP contribution in [-0.2, 0) is 0 Å². The van der Waals surface area contributed by atoms with Gasteiger partial charge in [0.05, 0.1) is 16.8 Å². The minimum Gasteiger partial charge on any atom is -0.258 e. The summed E-state index contributed by atoms with van der Waals surface area (Å²) < 4.78 is 1.73. The van der Waals surface area contributed by atoms with Crippen LogP contribution >= 0.6 is 11.6 Å². The fourth-order valence-electron chi connectivity index (χ4n) is 2.70. The average molecular weight is 351 g/mol. The second-order valence-electron chi connectivity index (χ2n) is 5.43. The van der Waals surface area contributed by atoms with E-state index in [2.05, 4.69) is 10.1 Å². The van der Waals surface area contributed by atoms with Crippen LogP contribution in [0.15, 0.2) is 67.0 Å². The molecule has 0 spiro atoms. The van der Waals surface area contributed by atoms with Crippen molar-refractivity contribution >= 4 is 22.9 Å². The van der Waals surface area contributed by atoms with E-state index in [0.717, 1.165) is 22.4 Å². The number of hydrogen-bond acceptors (Lipinski definition) is 4. The Kier molecular flexibility index (Phi) is 3.66. The first-order chi connectivity index (χ1) is 12.1. The normalized spacial score (nSPS) is 10.9. The van der Waals surface area contributed by atoms with Crippen LogP contribution < -0.4 is 0 Å². The molecule has 4 rings (SSSR count). The molecule has 0 atom stereocenters. The van der Waals surface area contributed by atoms with Gasteiger partial charge in [-0.2, -0.15) is 5.10 Å². The molecule has 0 radical (unpaired) electrons. The van der Waals surface area contributed by atoms with Crippen molar-refractivity contribution in [3.05, 3.63) is 82.1 Å².